The molecule has 1 heterocycles. The second-order valence-electron chi connectivity index (χ2n) is 6.72. The monoisotopic (exact) mass is 468 g/mol. The first-order chi connectivity index (χ1) is 15.1. The zero-order valence-corrected chi connectivity index (χ0v) is 17.2. The Morgan fingerprint density at radius 3 is 2.59 bits per heavy atom. The predicted octanol–water partition coefficient (Wildman–Crippen LogP) is 4.77. The molecule has 0 atom stereocenters. The van der Waals surface area contributed by atoms with E-state index < -0.39 is 30.3 Å². The molecule has 0 aliphatic rings. The highest BCUT2D eigenvalue weighted by Gasteiger charge is 2.35. The van der Waals surface area contributed by atoms with Crippen molar-refractivity contribution in [2.24, 2.45) is 0 Å². The number of alkyl halides is 3. The van der Waals surface area contributed by atoms with E-state index in [2.05, 4.69) is 10.4 Å². The van der Waals surface area contributed by atoms with Crippen LogP contribution in [0.2, 0.25) is 5.02 Å². The summed E-state index contributed by atoms with van der Waals surface area (Å²) in [6.45, 7) is 4.41. The Balaban J connectivity index is 1.92. The van der Waals surface area contributed by atoms with Crippen molar-refractivity contribution in [2.75, 3.05) is 18.5 Å². The highest BCUT2D eigenvalue weighted by molar-refractivity contribution is 6.30. The fourth-order valence-corrected chi connectivity index (χ4v) is 3.06. The molecule has 0 spiro atoms. The molecule has 2 aromatic carbocycles. The van der Waals surface area contributed by atoms with Crippen LogP contribution in [0, 0.1) is 12.7 Å². The second kappa shape index (κ2) is 9.58. The van der Waals surface area contributed by atoms with Crippen molar-refractivity contribution < 1.29 is 27.5 Å². The van der Waals surface area contributed by atoms with E-state index in [0.717, 1.165) is 21.7 Å². The topological polar surface area (TPSA) is 70.4 Å². The lowest BCUT2D eigenvalue weighted by Gasteiger charge is -2.23. The smallest absolute Gasteiger partial charge is 0.395 e. The summed E-state index contributed by atoms with van der Waals surface area (Å²) in [7, 11) is 0. The third kappa shape index (κ3) is 5.57. The average molecular weight is 469 g/mol. The Labute approximate surface area is 186 Å². The van der Waals surface area contributed by atoms with Crippen LogP contribution in [-0.4, -0.2) is 39.0 Å². The van der Waals surface area contributed by atoms with Crippen molar-refractivity contribution in [3.8, 4) is 5.69 Å². The highest BCUT2D eigenvalue weighted by Crippen LogP contribution is 2.30. The van der Waals surface area contributed by atoms with E-state index in [1.807, 2.05) is 0 Å². The molecule has 11 heteroatoms. The van der Waals surface area contributed by atoms with Gasteiger partial charge in [-0.25, -0.2) is 13.9 Å². The number of carbonyl (C=O) groups excluding carboxylic acids is 1. The fourth-order valence-electron chi connectivity index (χ4n) is 2.88. The molecule has 0 saturated heterocycles. The summed E-state index contributed by atoms with van der Waals surface area (Å²) in [4.78, 5) is 13.7. The summed E-state index contributed by atoms with van der Waals surface area (Å²) in [5, 5.41) is 15.7. The van der Waals surface area contributed by atoms with Gasteiger partial charge in [0.15, 0.2) is 5.69 Å². The SMILES string of the molecule is [CH]c1ccc(NC(=O)N(CCO)Cc2cc(C(F)(F)F)nn2-c2cccc(Cl)c2)cc1F. The van der Waals surface area contributed by atoms with Crippen molar-refractivity contribution in [1.82, 2.24) is 14.7 Å². The van der Waals surface area contributed by atoms with Gasteiger partial charge in [0.05, 0.1) is 24.5 Å². The van der Waals surface area contributed by atoms with E-state index in [0.29, 0.717) is 0 Å². The first kappa shape index (κ1) is 23.6. The number of amides is 2. The summed E-state index contributed by atoms with van der Waals surface area (Å²) in [5.41, 5.74) is -0.902. The summed E-state index contributed by atoms with van der Waals surface area (Å²) in [6, 6.07) is 9.69. The van der Waals surface area contributed by atoms with Gasteiger partial charge >= 0.3 is 12.2 Å². The number of aliphatic hydroxyl groups is 1. The molecule has 0 aliphatic heterocycles. The predicted molar refractivity (Wildman–Crippen MR) is 110 cm³/mol. The highest BCUT2D eigenvalue weighted by atomic mass is 35.5. The van der Waals surface area contributed by atoms with Crippen LogP contribution in [-0.2, 0) is 12.7 Å². The van der Waals surface area contributed by atoms with Crippen LogP contribution in [0.1, 0.15) is 17.0 Å². The van der Waals surface area contributed by atoms with Gasteiger partial charge in [-0.05, 0) is 42.0 Å². The molecule has 3 rings (SSSR count). The van der Waals surface area contributed by atoms with E-state index in [9.17, 15) is 27.5 Å². The van der Waals surface area contributed by atoms with Crippen LogP contribution in [0.15, 0.2) is 48.5 Å². The van der Waals surface area contributed by atoms with Crippen LogP contribution >= 0.6 is 11.6 Å². The van der Waals surface area contributed by atoms with Gasteiger partial charge in [0.1, 0.15) is 5.82 Å². The van der Waals surface area contributed by atoms with Crippen molar-refractivity contribution in [2.45, 2.75) is 12.7 Å². The Kier molecular flexibility index (Phi) is 7.05. The van der Waals surface area contributed by atoms with E-state index >= 15 is 0 Å². The van der Waals surface area contributed by atoms with E-state index in [1.165, 1.54) is 24.3 Å². The van der Waals surface area contributed by atoms with Crippen LogP contribution in [0.5, 0.6) is 0 Å². The lowest BCUT2D eigenvalue weighted by atomic mass is 10.2. The number of anilines is 1. The van der Waals surface area contributed by atoms with Crippen LogP contribution in [0.4, 0.5) is 28.0 Å². The molecule has 0 aliphatic carbocycles. The summed E-state index contributed by atoms with van der Waals surface area (Å²) >= 11 is 5.95. The lowest BCUT2D eigenvalue weighted by molar-refractivity contribution is -0.141. The minimum absolute atomic E-state index is 0.0201. The molecule has 2 N–H and O–H groups in total. The molecule has 0 bridgehead atoms. The molecular weight excluding hydrogens is 452 g/mol. The Morgan fingerprint density at radius 2 is 1.97 bits per heavy atom. The molecule has 32 heavy (non-hydrogen) atoms. The number of urea groups is 1. The van der Waals surface area contributed by atoms with Crippen LogP contribution < -0.4 is 5.32 Å². The minimum atomic E-state index is -4.72. The standard InChI is InChI=1S/C21H17ClF4N4O2/c1-13-5-6-15(10-18(13)23)27-20(32)29(7-8-31)12-17-11-19(21(24,25)26)28-30(17)16-4-2-3-14(22)9-16/h1-6,9-11,31H,7-8,12H2,(H,27,32). The number of nitrogens with one attached hydrogen (secondary N) is 1. The van der Waals surface area contributed by atoms with Crippen LogP contribution in [0.25, 0.3) is 5.69 Å². The lowest BCUT2D eigenvalue weighted by Crippen LogP contribution is -2.37. The van der Waals surface area contributed by atoms with E-state index in [1.54, 1.807) is 12.1 Å². The van der Waals surface area contributed by atoms with Gasteiger partial charge in [0.25, 0.3) is 0 Å². The van der Waals surface area contributed by atoms with Gasteiger partial charge in [-0.1, -0.05) is 23.7 Å². The third-order valence-corrected chi connectivity index (χ3v) is 4.62. The number of carbonyl (C=O) groups is 1. The fraction of sp³-hybridized carbons (Fsp3) is 0.190. The molecular formula is C21H17ClF4N4O2. The number of rotatable bonds is 6. The maximum absolute atomic E-state index is 13.7. The van der Waals surface area contributed by atoms with E-state index in [4.69, 9.17) is 18.5 Å². The van der Waals surface area contributed by atoms with Crippen LogP contribution in [0.3, 0.4) is 0 Å². The number of hydrogen-bond donors (Lipinski definition) is 2. The van der Waals surface area contributed by atoms with Gasteiger partial charge < -0.3 is 15.3 Å². The minimum Gasteiger partial charge on any atom is -0.395 e. The van der Waals surface area contributed by atoms with Crippen molar-refractivity contribution in [3.63, 3.8) is 0 Å². The molecule has 0 saturated carbocycles. The van der Waals surface area contributed by atoms with Crippen molar-refractivity contribution in [3.05, 3.63) is 83.2 Å². The van der Waals surface area contributed by atoms with Crippen molar-refractivity contribution >= 4 is 23.3 Å². The first-order valence-corrected chi connectivity index (χ1v) is 9.60. The maximum atomic E-state index is 13.7. The molecule has 6 nitrogen and oxygen atoms in total. The molecule has 1 aromatic heterocycles. The maximum Gasteiger partial charge on any atom is 0.435 e. The number of aromatic nitrogens is 2. The average Bonchev–Trinajstić information content (AvgIpc) is 3.15. The van der Waals surface area contributed by atoms with Gasteiger partial charge in [-0.3, -0.25) is 0 Å². The molecule has 168 valence electrons. The summed E-state index contributed by atoms with van der Waals surface area (Å²) < 4.78 is 54.6. The quantitative estimate of drug-likeness (QED) is 0.512. The molecule has 2 amide bonds. The molecule has 3 aromatic rings. The molecule has 0 unspecified atom stereocenters. The molecule has 0 fully saturated rings. The second-order valence-corrected chi connectivity index (χ2v) is 7.16. The Morgan fingerprint density at radius 1 is 1.22 bits per heavy atom. The number of nitrogens with zero attached hydrogens (tertiary/aromatic N) is 3. The largest absolute Gasteiger partial charge is 0.435 e. The molecule has 2 radical (unpaired) electrons. The van der Waals surface area contributed by atoms with Gasteiger partial charge in [-0.15, -0.1) is 0 Å². The number of halogens is 5. The number of aliphatic hydroxyl groups excluding tert-OH is 1. The summed E-state index contributed by atoms with van der Waals surface area (Å²) in [6.07, 6.45) is -4.72. The van der Waals surface area contributed by atoms with Gasteiger partial charge in [0, 0.05) is 24.2 Å². The summed E-state index contributed by atoms with van der Waals surface area (Å²) in [5.74, 6) is -0.745. The number of hydrogen-bond acceptors (Lipinski definition) is 3. The van der Waals surface area contributed by atoms with Gasteiger partial charge in [0.2, 0.25) is 0 Å². The van der Waals surface area contributed by atoms with Gasteiger partial charge in [-0.2, -0.15) is 18.3 Å². The third-order valence-electron chi connectivity index (χ3n) is 4.39. The van der Waals surface area contributed by atoms with E-state index in [-0.39, 0.29) is 40.7 Å². The Hall–Kier alpha value is -3.11. The Bertz CT molecular complexity index is 1120. The zero-order valence-electron chi connectivity index (χ0n) is 16.4. The number of benzene rings is 2. The normalized spacial score (nSPS) is 11.5. The zero-order chi connectivity index (χ0) is 23.5. The first-order valence-electron chi connectivity index (χ1n) is 9.22. The van der Waals surface area contributed by atoms with Crippen molar-refractivity contribution in [1.29, 1.82) is 0 Å².